The van der Waals surface area contributed by atoms with Crippen LogP contribution in [0.15, 0.2) is 152 Å². The Hall–Kier alpha value is -5.84. The molecule has 0 bridgehead atoms. The van der Waals surface area contributed by atoms with Gasteiger partial charge in [-0.05, 0) is 133 Å². The first kappa shape index (κ1) is 40.9. The van der Waals surface area contributed by atoms with Gasteiger partial charge in [0.15, 0.2) is 0 Å². The van der Waals surface area contributed by atoms with Crippen LogP contribution in [0.5, 0.6) is 0 Å². The van der Waals surface area contributed by atoms with Crippen molar-refractivity contribution < 1.29 is 0 Å². The Labute approximate surface area is 385 Å². The molecule has 3 heterocycles. The van der Waals surface area contributed by atoms with Crippen LogP contribution in [0.2, 0.25) is 0 Å². The van der Waals surface area contributed by atoms with Gasteiger partial charge in [-0.2, -0.15) is 0 Å². The smallest absolute Gasteiger partial charge is 0.343 e. The third-order valence-electron chi connectivity index (χ3n) is 14.8. The van der Waals surface area contributed by atoms with Crippen LogP contribution < -0.4 is 20.0 Å². The highest BCUT2D eigenvalue weighted by Crippen LogP contribution is 2.54. The average Bonchev–Trinajstić information content (AvgIpc) is 3.67. The summed E-state index contributed by atoms with van der Waals surface area (Å²) in [5.74, 6) is 0. The van der Waals surface area contributed by atoms with E-state index in [-0.39, 0.29) is 28.5 Å². The molecule has 0 spiro atoms. The van der Waals surface area contributed by atoms with E-state index in [1.807, 2.05) is 11.3 Å². The Balaban J connectivity index is 1.28. The first-order valence-electron chi connectivity index (χ1n) is 23.3. The summed E-state index contributed by atoms with van der Waals surface area (Å²) in [6, 6.07) is 58.3. The fourth-order valence-corrected chi connectivity index (χ4v) is 12.2. The van der Waals surface area contributed by atoms with Crippen LogP contribution in [-0.4, -0.2) is 6.85 Å². The number of rotatable bonds is 4. The summed E-state index contributed by atoms with van der Waals surface area (Å²) in [6.07, 6.45) is 2.37. The van der Waals surface area contributed by atoms with E-state index in [1.54, 1.807) is 0 Å². The van der Waals surface area contributed by atoms with Crippen molar-refractivity contribution in [3.8, 4) is 33.4 Å². The largest absolute Gasteiger partial charge is 0.376 e. The van der Waals surface area contributed by atoms with Crippen LogP contribution in [0.4, 0.5) is 28.4 Å². The molecule has 2 nitrogen and oxygen atoms in total. The molecule has 0 saturated carbocycles. The molecule has 0 saturated heterocycles. The van der Waals surface area contributed by atoms with E-state index in [0.717, 1.165) is 0 Å². The third-order valence-corrected chi connectivity index (χ3v) is 16.0. The first-order valence-corrected chi connectivity index (χ1v) is 24.2. The van der Waals surface area contributed by atoms with E-state index in [0.29, 0.717) is 0 Å². The molecule has 0 atom stereocenters. The number of nitrogens with zero attached hydrogens (tertiary/aromatic N) is 2. The molecule has 318 valence electrons. The van der Waals surface area contributed by atoms with Gasteiger partial charge >= 0.3 is 6.85 Å². The second-order valence-electron chi connectivity index (χ2n) is 22.1. The maximum Gasteiger partial charge on any atom is 0.343 e. The fourth-order valence-electron chi connectivity index (χ4n) is 11.0. The molecule has 7 aromatic carbocycles. The normalized spacial score (nSPS) is 16.0. The molecular weight excluding hydrogens is 792 g/mol. The lowest BCUT2D eigenvalue weighted by Crippen LogP contribution is -2.60. The molecule has 64 heavy (non-hydrogen) atoms. The minimum atomic E-state index is -0.104. The molecule has 0 fully saturated rings. The van der Waals surface area contributed by atoms with Crippen molar-refractivity contribution in [3.63, 3.8) is 0 Å². The molecule has 0 radical (unpaired) electrons. The highest BCUT2D eigenvalue weighted by atomic mass is 32.1. The zero-order valence-electron chi connectivity index (χ0n) is 39.2. The Morgan fingerprint density at radius 1 is 0.500 bits per heavy atom. The van der Waals surface area contributed by atoms with Crippen molar-refractivity contribution in [2.45, 2.75) is 104 Å². The Morgan fingerprint density at radius 2 is 1.12 bits per heavy atom. The van der Waals surface area contributed by atoms with Crippen LogP contribution in [0.25, 0.3) is 43.5 Å². The SMILES string of the molecule is CC(C)(C)c1ccc(N2c3cc(C(C)(C)C)cc4c3B(c3sc5ccccc5c32)N(c2ccc3c(c2)C(C)(C)CCC3(C)C)c2ccc(-c3ccccc3)cc2-4)c(-c2ccccc2)c1. The minimum Gasteiger partial charge on any atom is -0.376 e. The Bertz CT molecular complexity index is 3140. The monoisotopic (exact) mass is 850 g/mol. The standard InChI is InChI=1S/C60H59BN2S/c1-57(2,3)41-26-30-50(45(34-41)39-21-15-12-16-22-39)62-52-36-42(58(4,5)6)35-47-46-33-40(38-19-13-11-14-20-38)25-29-51(46)63(43-27-28-48-49(37-43)60(9,10)32-31-59(48,7)8)61(54(47)52)56-55(62)44-23-17-18-24-53(44)64-56/h11-30,33-37H,31-32H2,1-10H3. The van der Waals surface area contributed by atoms with Crippen LogP contribution in [0, 0.1) is 0 Å². The van der Waals surface area contributed by atoms with Gasteiger partial charge in [-0.3, -0.25) is 0 Å². The van der Waals surface area contributed by atoms with Crippen molar-refractivity contribution in [1.29, 1.82) is 0 Å². The number of hydrogen-bond acceptors (Lipinski definition) is 3. The molecule has 2 aliphatic heterocycles. The Kier molecular flexibility index (Phi) is 9.16. The third kappa shape index (κ3) is 6.42. The van der Waals surface area contributed by atoms with Crippen molar-refractivity contribution in [2.24, 2.45) is 0 Å². The van der Waals surface area contributed by atoms with Gasteiger partial charge < -0.3 is 9.71 Å². The van der Waals surface area contributed by atoms with E-state index < -0.39 is 0 Å². The highest BCUT2D eigenvalue weighted by molar-refractivity contribution is 7.32. The summed E-state index contributed by atoms with van der Waals surface area (Å²) >= 11 is 1.97. The van der Waals surface area contributed by atoms with Crippen molar-refractivity contribution >= 4 is 66.9 Å². The number of hydrogen-bond donors (Lipinski definition) is 0. The van der Waals surface area contributed by atoms with E-state index in [9.17, 15) is 0 Å². The molecule has 1 aliphatic carbocycles. The van der Waals surface area contributed by atoms with Crippen LogP contribution in [0.1, 0.15) is 104 Å². The Morgan fingerprint density at radius 3 is 1.83 bits per heavy atom. The lowest BCUT2D eigenvalue weighted by molar-refractivity contribution is 0.332. The zero-order valence-corrected chi connectivity index (χ0v) is 40.0. The van der Waals surface area contributed by atoms with E-state index in [1.165, 1.54) is 117 Å². The lowest BCUT2D eigenvalue weighted by Gasteiger charge is -2.47. The van der Waals surface area contributed by atoms with Gasteiger partial charge in [-0.1, -0.05) is 172 Å². The van der Waals surface area contributed by atoms with E-state index >= 15 is 0 Å². The number of anilines is 5. The van der Waals surface area contributed by atoms with Crippen molar-refractivity contribution in [1.82, 2.24) is 0 Å². The number of thiophene rings is 1. The summed E-state index contributed by atoms with van der Waals surface area (Å²) in [7, 11) is 0. The predicted molar refractivity (Wildman–Crippen MR) is 279 cm³/mol. The van der Waals surface area contributed by atoms with Gasteiger partial charge in [0.1, 0.15) is 0 Å². The summed E-state index contributed by atoms with van der Waals surface area (Å²) in [6.45, 7) is 23.8. The summed E-state index contributed by atoms with van der Waals surface area (Å²) < 4.78 is 2.70. The molecule has 0 unspecified atom stereocenters. The van der Waals surface area contributed by atoms with Gasteiger partial charge in [0, 0.05) is 43.1 Å². The van der Waals surface area contributed by atoms with Crippen molar-refractivity contribution in [2.75, 3.05) is 9.71 Å². The maximum absolute atomic E-state index is 2.73. The van der Waals surface area contributed by atoms with Gasteiger partial charge in [0.2, 0.25) is 0 Å². The van der Waals surface area contributed by atoms with Gasteiger partial charge in [-0.25, -0.2) is 0 Å². The molecule has 0 N–H and O–H groups in total. The van der Waals surface area contributed by atoms with E-state index in [4.69, 9.17) is 0 Å². The summed E-state index contributed by atoms with van der Waals surface area (Å²) in [5.41, 5.74) is 21.0. The molecule has 3 aliphatic rings. The molecule has 1 aromatic heterocycles. The maximum atomic E-state index is 2.73. The van der Waals surface area contributed by atoms with Gasteiger partial charge in [0.05, 0.1) is 11.4 Å². The number of fused-ring (bicyclic) bond motifs is 7. The average molecular weight is 851 g/mol. The quantitative estimate of drug-likeness (QED) is 0.163. The molecule has 0 amide bonds. The lowest BCUT2D eigenvalue weighted by atomic mass is 9.46. The topological polar surface area (TPSA) is 6.48 Å². The first-order chi connectivity index (χ1) is 30.5. The van der Waals surface area contributed by atoms with Gasteiger partial charge in [0.25, 0.3) is 0 Å². The van der Waals surface area contributed by atoms with Crippen LogP contribution in [-0.2, 0) is 21.7 Å². The molecule has 11 rings (SSSR count). The second kappa shape index (κ2) is 14.3. The van der Waals surface area contributed by atoms with Gasteiger partial charge in [-0.15, -0.1) is 11.3 Å². The predicted octanol–water partition coefficient (Wildman–Crippen LogP) is 15.9. The van der Waals surface area contributed by atoms with E-state index in [2.05, 4.69) is 231 Å². The molecular formula is C60H59BN2S. The van der Waals surface area contributed by atoms with Crippen molar-refractivity contribution in [3.05, 3.63) is 174 Å². The number of benzene rings is 7. The summed E-state index contributed by atoms with van der Waals surface area (Å²) in [5, 5.41) is 1.30. The fraction of sp³-hybridized carbons (Fsp3) is 0.267. The highest BCUT2D eigenvalue weighted by Gasteiger charge is 2.48. The second-order valence-corrected chi connectivity index (χ2v) is 23.2. The molecule has 8 aromatic rings. The zero-order chi connectivity index (χ0) is 44.5. The minimum absolute atomic E-state index is 0.0140. The van der Waals surface area contributed by atoms with Crippen LogP contribution in [0.3, 0.4) is 0 Å². The van der Waals surface area contributed by atoms with Crippen LogP contribution >= 0.6 is 11.3 Å². The summed E-state index contributed by atoms with van der Waals surface area (Å²) in [4.78, 5) is 5.41. The molecule has 4 heteroatoms.